The van der Waals surface area contributed by atoms with E-state index in [9.17, 15) is 5.11 Å². The highest BCUT2D eigenvalue weighted by atomic mass is 16.3. The van der Waals surface area contributed by atoms with Gasteiger partial charge in [0, 0.05) is 0 Å². The van der Waals surface area contributed by atoms with E-state index >= 15 is 0 Å². The third-order valence-electron chi connectivity index (χ3n) is 11.0. The van der Waals surface area contributed by atoms with Crippen LogP contribution in [0.2, 0.25) is 0 Å². The molecule has 9 atom stereocenters. The molecule has 1 N–H and O–H groups in total. The van der Waals surface area contributed by atoms with Crippen molar-refractivity contribution in [3.05, 3.63) is 11.6 Å². The van der Waals surface area contributed by atoms with Gasteiger partial charge in [-0.15, -0.1) is 0 Å². The van der Waals surface area contributed by atoms with Crippen LogP contribution < -0.4 is 0 Å². The van der Waals surface area contributed by atoms with Crippen molar-refractivity contribution < 1.29 is 5.11 Å². The molecule has 0 spiro atoms. The van der Waals surface area contributed by atoms with Crippen molar-refractivity contribution in [1.82, 2.24) is 0 Å². The Bertz CT molecular complexity index is 620. The average molecular weight is 401 g/mol. The van der Waals surface area contributed by atoms with Gasteiger partial charge >= 0.3 is 0 Å². The van der Waals surface area contributed by atoms with E-state index in [-0.39, 0.29) is 6.10 Å². The highest BCUT2D eigenvalue weighted by Crippen LogP contribution is 2.67. The van der Waals surface area contributed by atoms with Crippen molar-refractivity contribution in [2.24, 2.45) is 52.3 Å². The Morgan fingerprint density at radius 3 is 2.34 bits per heavy atom. The summed E-state index contributed by atoms with van der Waals surface area (Å²) in [4.78, 5) is 0. The SMILES string of the molecule is CC(C)[C@@H](C)CC[C@@H](C)[C@@H]1CC[C@H]2C3=CC[C@H]4C[C@@H](O)CC[C@@]4(C)[C@@H]3CC[C@]21C. The number of aliphatic hydroxyl groups is 1. The average Bonchev–Trinajstić information content (AvgIpc) is 3.03. The van der Waals surface area contributed by atoms with Gasteiger partial charge in [-0.1, -0.05) is 66.0 Å². The van der Waals surface area contributed by atoms with Gasteiger partial charge in [0.05, 0.1) is 6.10 Å². The molecule has 0 aliphatic heterocycles. The van der Waals surface area contributed by atoms with Crippen LogP contribution in [0, 0.1) is 52.3 Å². The number of aliphatic hydroxyl groups excluding tert-OH is 1. The standard InChI is InChI=1S/C28H48O/c1-18(2)19(3)7-8-20(4)24-11-12-25-23-10-9-21-17-22(29)13-15-27(21,5)26(23)14-16-28(24,25)6/h10,18-22,24-26,29H,7-9,11-17H2,1-6H3/t19-,20+,21-,22-,24-,25-,26+,27+,28-/m0/s1. The normalized spacial score (nSPS) is 46.5. The van der Waals surface area contributed by atoms with Crippen molar-refractivity contribution in [2.75, 3.05) is 0 Å². The molecule has 1 nitrogen and oxygen atoms in total. The third-order valence-corrected chi connectivity index (χ3v) is 11.0. The van der Waals surface area contributed by atoms with Crippen LogP contribution >= 0.6 is 0 Å². The first-order valence-corrected chi connectivity index (χ1v) is 13.0. The van der Waals surface area contributed by atoms with E-state index in [1.165, 1.54) is 51.4 Å². The van der Waals surface area contributed by atoms with E-state index in [1.807, 2.05) is 5.57 Å². The lowest BCUT2D eigenvalue weighted by molar-refractivity contribution is -0.0428. The highest BCUT2D eigenvalue weighted by molar-refractivity contribution is 5.27. The Kier molecular flexibility index (Phi) is 6.04. The van der Waals surface area contributed by atoms with E-state index in [0.717, 1.165) is 54.3 Å². The molecule has 0 unspecified atom stereocenters. The zero-order valence-electron chi connectivity index (χ0n) is 20.2. The molecule has 0 amide bonds. The molecule has 0 bridgehead atoms. The fourth-order valence-corrected chi connectivity index (χ4v) is 8.53. The topological polar surface area (TPSA) is 20.2 Å². The molecule has 166 valence electrons. The van der Waals surface area contributed by atoms with Gasteiger partial charge < -0.3 is 5.11 Å². The van der Waals surface area contributed by atoms with Crippen LogP contribution in [-0.2, 0) is 0 Å². The van der Waals surface area contributed by atoms with E-state index in [1.54, 1.807) is 0 Å². The second-order valence-electron chi connectivity index (χ2n) is 12.7. The summed E-state index contributed by atoms with van der Waals surface area (Å²) in [5.74, 6) is 5.85. The number of hydrogen-bond donors (Lipinski definition) is 1. The van der Waals surface area contributed by atoms with Crippen molar-refractivity contribution in [3.8, 4) is 0 Å². The van der Waals surface area contributed by atoms with Gasteiger partial charge in [-0.3, -0.25) is 0 Å². The lowest BCUT2D eigenvalue weighted by atomic mass is 9.47. The molecule has 0 aromatic heterocycles. The molecule has 4 aliphatic rings. The molecule has 0 heterocycles. The maximum absolute atomic E-state index is 10.2. The van der Waals surface area contributed by atoms with E-state index in [0.29, 0.717) is 10.8 Å². The summed E-state index contributed by atoms with van der Waals surface area (Å²) in [7, 11) is 0. The summed E-state index contributed by atoms with van der Waals surface area (Å²) in [6.07, 6.45) is 15.8. The van der Waals surface area contributed by atoms with Crippen molar-refractivity contribution in [1.29, 1.82) is 0 Å². The predicted molar refractivity (Wildman–Crippen MR) is 124 cm³/mol. The molecule has 4 aliphatic carbocycles. The monoisotopic (exact) mass is 400 g/mol. The molecule has 0 aromatic rings. The van der Waals surface area contributed by atoms with Crippen LogP contribution in [0.15, 0.2) is 11.6 Å². The molecule has 0 saturated heterocycles. The molecule has 4 rings (SSSR count). The molecule has 0 aromatic carbocycles. The lowest BCUT2D eigenvalue weighted by Crippen LogP contribution is -2.49. The van der Waals surface area contributed by atoms with Gasteiger partial charge in [0.15, 0.2) is 0 Å². The first kappa shape index (κ1) is 21.9. The predicted octanol–water partition coefficient (Wildman–Crippen LogP) is 7.63. The maximum atomic E-state index is 10.2. The Hall–Kier alpha value is -0.300. The zero-order chi connectivity index (χ0) is 21.0. The highest BCUT2D eigenvalue weighted by Gasteiger charge is 2.58. The lowest BCUT2D eigenvalue weighted by Gasteiger charge is -2.57. The first-order valence-electron chi connectivity index (χ1n) is 13.0. The summed E-state index contributed by atoms with van der Waals surface area (Å²) in [5, 5.41) is 10.2. The number of rotatable bonds is 5. The van der Waals surface area contributed by atoms with Gasteiger partial charge in [0.1, 0.15) is 0 Å². The molecular weight excluding hydrogens is 352 g/mol. The zero-order valence-corrected chi connectivity index (χ0v) is 20.2. The maximum Gasteiger partial charge on any atom is 0.0543 e. The van der Waals surface area contributed by atoms with Crippen molar-refractivity contribution in [3.63, 3.8) is 0 Å². The number of allylic oxidation sites excluding steroid dienone is 2. The van der Waals surface area contributed by atoms with Gasteiger partial charge in [-0.2, -0.15) is 0 Å². The van der Waals surface area contributed by atoms with Crippen molar-refractivity contribution >= 4 is 0 Å². The van der Waals surface area contributed by atoms with Crippen LogP contribution in [0.25, 0.3) is 0 Å². The fourth-order valence-electron chi connectivity index (χ4n) is 8.53. The fraction of sp³-hybridized carbons (Fsp3) is 0.929. The van der Waals surface area contributed by atoms with Gasteiger partial charge in [-0.25, -0.2) is 0 Å². The molecule has 3 fully saturated rings. The second-order valence-corrected chi connectivity index (χ2v) is 12.7. The summed E-state index contributed by atoms with van der Waals surface area (Å²) in [6.45, 7) is 15.1. The molecule has 1 heteroatoms. The van der Waals surface area contributed by atoms with Crippen LogP contribution in [0.1, 0.15) is 106 Å². The largest absolute Gasteiger partial charge is 0.393 e. The quantitative estimate of drug-likeness (QED) is 0.470. The van der Waals surface area contributed by atoms with Crippen LogP contribution in [-0.4, -0.2) is 11.2 Å². The summed E-state index contributed by atoms with van der Waals surface area (Å²) < 4.78 is 0. The third kappa shape index (κ3) is 3.66. The number of fused-ring (bicyclic) bond motifs is 5. The summed E-state index contributed by atoms with van der Waals surface area (Å²) >= 11 is 0. The molecule has 3 saturated carbocycles. The smallest absolute Gasteiger partial charge is 0.0543 e. The van der Waals surface area contributed by atoms with Gasteiger partial charge in [0.25, 0.3) is 0 Å². The van der Waals surface area contributed by atoms with E-state index in [4.69, 9.17) is 0 Å². The van der Waals surface area contributed by atoms with Crippen LogP contribution in [0.4, 0.5) is 0 Å². The minimum atomic E-state index is -0.0400. The second kappa shape index (κ2) is 7.99. The first-order chi connectivity index (χ1) is 13.7. The van der Waals surface area contributed by atoms with Crippen LogP contribution in [0.3, 0.4) is 0 Å². The minimum absolute atomic E-state index is 0.0400. The van der Waals surface area contributed by atoms with Crippen LogP contribution in [0.5, 0.6) is 0 Å². The molecule has 29 heavy (non-hydrogen) atoms. The Morgan fingerprint density at radius 1 is 0.931 bits per heavy atom. The summed E-state index contributed by atoms with van der Waals surface area (Å²) in [5.41, 5.74) is 2.88. The van der Waals surface area contributed by atoms with Gasteiger partial charge in [-0.05, 0) is 104 Å². The number of hydrogen-bond acceptors (Lipinski definition) is 1. The molecular formula is C28H48O. The Morgan fingerprint density at radius 2 is 1.62 bits per heavy atom. The Balaban J connectivity index is 1.50. The molecule has 0 radical (unpaired) electrons. The van der Waals surface area contributed by atoms with E-state index < -0.39 is 0 Å². The summed E-state index contributed by atoms with van der Waals surface area (Å²) in [6, 6.07) is 0. The van der Waals surface area contributed by atoms with E-state index in [2.05, 4.69) is 47.6 Å². The Labute approximate surface area is 181 Å². The van der Waals surface area contributed by atoms with Gasteiger partial charge in [0.2, 0.25) is 0 Å². The van der Waals surface area contributed by atoms with Crippen molar-refractivity contribution in [2.45, 2.75) is 112 Å². The minimum Gasteiger partial charge on any atom is -0.393 e.